The number of carbonyl (C=O) groups is 1. The summed E-state index contributed by atoms with van der Waals surface area (Å²) >= 11 is 0. The molecule has 0 unspecified atom stereocenters. The Morgan fingerprint density at radius 1 is 0.818 bits per heavy atom. The summed E-state index contributed by atoms with van der Waals surface area (Å²) < 4.78 is 0. The Kier molecular flexibility index (Phi) is 2.90. The molecule has 4 N–H and O–H groups in total. The lowest BCUT2D eigenvalue weighted by Gasteiger charge is -2.22. The molecule has 5 heteroatoms. The molecule has 0 atom stereocenters. The molecule has 5 nitrogen and oxygen atoms in total. The lowest BCUT2D eigenvalue weighted by Crippen LogP contribution is -2.14. The van der Waals surface area contributed by atoms with Crippen LogP contribution < -0.4 is 11.5 Å². The summed E-state index contributed by atoms with van der Waals surface area (Å²) in [7, 11) is 0. The Labute approximate surface area is 126 Å². The van der Waals surface area contributed by atoms with Gasteiger partial charge in [0.1, 0.15) is 17.7 Å². The van der Waals surface area contributed by atoms with Gasteiger partial charge in [-0.25, -0.2) is 0 Å². The number of fused-ring (bicyclic) bond motifs is 3. The Hall–Kier alpha value is -3.57. The summed E-state index contributed by atoms with van der Waals surface area (Å²) in [6.45, 7) is 0. The van der Waals surface area contributed by atoms with Gasteiger partial charge in [0.25, 0.3) is 0 Å². The van der Waals surface area contributed by atoms with Gasteiger partial charge < -0.3 is 11.5 Å². The predicted molar refractivity (Wildman–Crippen MR) is 83.2 cm³/mol. The summed E-state index contributed by atoms with van der Waals surface area (Å²) in [6, 6.07) is 13.7. The quantitative estimate of drug-likeness (QED) is 0.438. The van der Waals surface area contributed by atoms with Gasteiger partial charge in [0.2, 0.25) is 0 Å². The number of Topliss-reactive ketones (excluding diaryl/α,β-unsaturated/α-hetero) is 1. The number of nitriles is 2. The van der Waals surface area contributed by atoms with Gasteiger partial charge in [-0.2, -0.15) is 10.5 Å². The number of hydrogen-bond acceptors (Lipinski definition) is 5. The highest BCUT2D eigenvalue weighted by molar-refractivity contribution is 6.36. The van der Waals surface area contributed by atoms with Crippen molar-refractivity contribution in [2.24, 2.45) is 0 Å². The number of rotatable bonds is 0. The maximum atomic E-state index is 12.7. The minimum Gasteiger partial charge on any atom is -0.399 e. The fourth-order valence-corrected chi connectivity index (χ4v) is 2.63. The van der Waals surface area contributed by atoms with Crippen LogP contribution in [0.4, 0.5) is 11.4 Å². The first-order valence-corrected chi connectivity index (χ1v) is 6.45. The molecule has 0 spiro atoms. The van der Waals surface area contributed by atoms with Gasteiger partial charge >= 0.3 is 0 Å². The number of nitrogen functional groups attached to an aromatic ring is 2. The molecule has 0 amide bonds. The van der Waals surface area contributed by atoms with Crippen LogP contribution in [0.2, 0.25) is 0 Å². The fourth-order valence-electron chi connectivity index (χ4n) is 2.63. The zero-order valence-electron chi connectivity index (χ0n) is 11.4. The van der Waals surface area contributed by atoms with Gasteiger partial charge in [0.05, 0.1) is 5.57 Å². The lowest BCUT2D eigenvalue weighted by atomic mass is 9.79. The van der Waals surface area contributed by atoms with Crippen molar-refractivity contribution in [1.29, 1.82) is 10.5 Å². The number of ketones is 1. The molecule has 22 heavy (non-hydrogen) atoms. The fraction of sp³-hybridized carbons (Fsp3) is 0. The number of benzene rings is 2. The first-order valence-electron chi connectivity index (χ1n) is 6.45. The summed E-state index contributed by atoms with van der Waals surface area (Å²) in [4.78, 5) is 12.7. The van der Waals surface area contributed by atoms with Crippen molar-refractivity contribution in [1.82, 2.24) is 0 Å². The van der Waals surface area contributed by atoms with E-state index < -0.39 is 5.78 Å². The van der Waals surface area contributed by atoms with Crippen molar-refractivity contribution >= 4 is 22.7 Å². The summed E-state index contributed by atoms with van der Waals surface area (Å²) in [5.74, 6) is -0.390. The van der Waals surface area contributed by atoms with Gasteiger partial charge in [-0.3, -0.25) is 4.79 Å². The molecule has 0 heterocycles. The van der Waals surface area contributed by atoms with Crippen LogP contribution in [0.1, 0.15) is 15.9 Å². The van der Waals surface area contributed by atoms with Crippen LogP contribution in [0.15, 0.2) is 42.0 Å². The number of hydrogen-bond donors (Lipinski definition) is 2. The van der Waals surface area contributed by atoms with Gasteiger partial charge in [-0.1, -0.05) is 12.1 Å². The molecular weight excluding hydrogens is 276 g/mol. The molecule has 0 aromatic heterocycles. The van der Waals surface area contributed by atoms with Crippen LogP contribution in [0.3, 0.4) is 0 Å². The number of allylic oxidation sites excluding steroid dienone is 2. The second-order valence-electron chi connectivity index (χ2n) is 4.91. The predicted octanol–water partition coefficient (Wildman–Crippen LogP) is 2.52. The van der Waals surface area contributed by atoms with Crippen molar-refractivity contribution in [3.8, 4) is 23.3 Å². The molecule has 1 aliphatic rings. The van der Waals surface area contributed by atoms with Crippen molar-refractivity contribution in [2.75, 3.05) is 11.5 Å². The topological polar surface area (TPSA) is 117 Å². The average Bonchev–Trinajstić information content (AvgIpc) is 2.51. The van der Waals surface area contributed by atoms with Gasteiger partial charge in [0.15, 0.2) is 5.78 Å². The van der Waals surface area contributed by atoms with Crippen LogP contribution in [0.25, 0.3) is 16.7 Å². The Morgan fingerprint density at radius 3 is 1.86 bits per heavy atom. The van der Waals surface area contributed by atoms with Crippen molar-refractivity contribution in [3.05, 3.63) is 53.1 Å². The van der Waals surface area contributed by atoms with Gasteiger partial charge in [0, 0.05) is 16.9 Å². The first kappa shape index (κ1) is 13.4. The molecule has 0 bridgehead atoms. The van der Waals surface area contributed by atoms with Gasteiger partial charge in [-0.15, -0.1) is 0 Å². The second kappa shape index (κ2) is 4.76. The van der Waals surface area contributed by atoms with E-state index in [0.717, 1.165) is 5.56 Å². The molecule has 0 fully saturated rings. The smallest absolute Gasteiger partial charge is 0.196 e. The lowest BCUT2D eigenvalue weighted by molar-refractivity contribution is 0.105. The van der Waals surface area contributed by atoms with E-state index in [9.17, 15) is 4.79 Å². The third-order valence-corrected chi connectivity index (χ3v) is 3.59. The molecule has 0 radical (unpaired) electrons. The number of nitrogens with two attached hydrogens (primary N) is 2. The molecule has 0 saturated carbocycles. The maximum absolute atomic E-state index is 12.7. The highest BCUT2D eigenvalue weighted by Crippen LogP contribution is 2.41. The zero-order chi connectivity index (χ0) is 15.9. The summed E-state index contributed by atoms with van der Waals surface area (Å²) in [6.07, 6.45) is 0. The average molecular weight is 286 g/mol. The van der Waals surface area contributed by atoms with E-state index in [1.165, 1.54) is 0 Å². The van der Waals surface area contributed by atoms with Crippen LogP contribution in [-0.2, 0) is 0 Å². The van der Waals surface area contributed by atoms with E-state index in [1.807, 2.05) is 0 Å². The maximum Gasteiger partial charge on any atom is 0.196 e. The standard InChI is InChI=1S/C17H10N4O/c18-7-9(8-19)16-14-5-10(20)1-3-12(14)13-4-2-11(21)6-15(13)17(16)22/h1-6H,20-21H2. The summed E-state index contributed by atoms with van der Waals surface area (Å²) in [5.41, 5.74) is 14.7. The number of carbonyl (C=O) groups excluding carboxylic acids is 1. The van der Waals surface area contributed by atoms with Gasteiger partial charge in [-0.05, 0) is 41.0 Å². The highest BCUT2D eigenvalue weighted by atomic mass is 16.1. The van der Waals surface area contributed by atoms with E-state index in [-0.39, 0.29) is 11.1 Å². The molecule has 0 saturated heterocycles. The third-order valence-electron chi connectivity index (χ3n) is 3.59. The van der Waals surface area contributed by atoms with E-state index in [0.29, 0.717) is 28.1 Å². The number of nitrogens with zero attached hydrogens (tertiary/aromatic N) is 2. The van der Waals surface area contributed by atoms with E-state index in [4.69, 9.17) is 22.0 Å². The normalized spacial score (nSPS) is 11.9. The Bertz CT molecular complexity index is 926. The van der Waals surface area contributed by atoms with Crippen LogP contribution in [0.5, 0.6) is 0 Å². The molecular formula is C17H10N4O. The number of anilines is 2. The van der Waals surface area contributed by atoms with Crippen LogP contribution >= 0.6 is 0 Å². The molecule has 2 aromatic rings. The van der Waals surface area contributed by atoms with Crippen molar-refractivity contribution < 1.29 is 4.79 Å². The minimum atomic E-state index is -0.390. The first-order chi connectivity index (χ1) is 10.6. The Balaban J connectivity index is 2.47. The third kappa shape index (κ3) is 1.81. The van der Waals surface area contributed by atoms with Crippen LogP contribution in [-0.4, -0.2) is 5.78 Å². The van der Waals surface area contributed by atoms with E-state index >= 15 is 0 Å². The molecule has 1 aliphatic carbocycles. The molecule has 3 rings (SSSR count). The van der Waals surface area contributed by atoms with Crippen molar-refractivity contribution in [2.45, 2.75) is 0 Å². The largest absolute Gasteiger partial charge is 0.399 e. The minimum absolute atomic E-state index is 0.0744. The molecule has 2 aromatic carbocycles. The monoisotopic (exact) mass is 286 g/mol. The second-order valence-corrected chi connectivity index (χ2v) is 4.91. The van der Waals surface area contributed by atoms with E-state index in [2.05, 4.69) is 0 Å². The zero-order valence-corrected chi connectivity index (χ0v) is 11.4. The van der Waals surface area contributed by atoms with E-state index in [1.54, 1.807) is 48.5 Å². The molecule has 0 aliphatic heterocycles. The van der Waals surface area contributed by atoms with Crippen molar-refractivity contribution in [3.63, 3.8) is 0 Å². The molecule has 104 valence electrons. The Morgan fingerprint density at radius 2 is 1.32 bits per heavy atom. The highest BCUT2D eigenvalue weighted by Gasteiger charge is 2.30. The summed E-state index contributed by atoms with van der Waals surface area (Å²) in [5, 5.41) is 18.3. The van der Waals surface area contributed by atoms with Crippen LogP contribution in [0, 0.1) is 22.7 Å². The SMILES string of the molecule is N#CC(C#N)=C1C(=O)c2cc(N)ccc2-c2ccc(N)cc21.